The second-order valence-electron chi connectivity index (χ2n) is 32.4. The van der Waals surface area contributed by atoms with E-state index in [-0.39, 0.29) is 108 Å². The lowest BCUT2D eigenvalue weighted by Crippen LogP contribution is -2.41. The zero-order valence-corrected chi connectivity index (χ0v) is 79.9. The molecule has 6 heterocycles. The molecule has 0 saturated carbocycles. The van der Waals surface area contributed by atoms with E-state index in [1.165, 1.54) is 72.8 Å². The van der Waals surface area contributed by atoms with Crippen LogP contribution in [0.4, 0.5) is 98.2 Å². The standard InChI is InChI=1S/C16H20F3NO4.C16H20F3NO3.C13H16F3NO2.C13H16F3NO.2C10H19NO5S.C7H5F3O2.C7H5F3O/c1-2-22-15(21)20-9-3-4-12(10-20)11-23-13-5-7-14(8-6-13)24-16(17,18)19;1-2-22-15(21)20-8-4-5-12(10-20)11-23-14-7-3-6-13(9-14)16(17,18)19;14-13(15,16)19-12-5-3-11(4-6-12)18-9-10-2-1-7-17-8-10;14-13(15,16)11-4-1-5-12(7-11)18-9-10-3-2-6-17-8-10;2*1-3-15-10(12)11-6-4-5-9(7-11)8-16-17(2,13)14;8-7(9,10)12-6-3-1-5(11)2-4-6;8-7(9,10)5-2-1-3-6(11)4-5/h5-8,12H,2-4,9-11H2,1H3;3,6-7,9,12H,2,4-5,8,10-11H2,1H3;3-6,10,17H,1-2,7-9H2;1,4-5,7,10,17H,2-3,6,8-9H2;2*9H,3-8H2,1-2H3;1-4,11H;1-4,11H. The lowest BCUT2D eigenvalue weighted by Gasteiger charge is -2.31. The normalized spacial score (nSPS) is 18.5. The molecule has 6 aromatic carbocycles. The lowest BCUT2D eigenvalue weighted by atomic mass is 9.99. The van der Waals surface area contributed by atoms with Gasteiger partial charge in [0.05, 0.1) is 95.3 Å². The highest BCUT2D eigenvalue weighted by Crippen LogP contribution is 2.37. The fourth-order valence-corrected chi connectivity index (χ4v) is 15.0. The predicted molar refractivity (Wildman–Crippen MR) is 477 cm³/mol. The van der Waals surface area contributed by atoms with Crippen LogP contribution < -0.4 is 43.8 Å². The summed E-state index contributed by atoms with van der Waals surface area (Å²) in [6.07, 6.45) is -15.1. The van der Waals surface area contributed by atoms with Crippen LogP contribution >= 0.6 is 0 Å². The van der Waals surface area contributed by atoms with Gasteiger partial charge in [0.25, 0.3) is 20.2 Å². The third kappa shape index (κ3) is 53.1. The molecule has 6 unspecified atom stereocenters. The van der Waals surface area contributed by atoms with Crippen molar-refractivity contribution in [1.29, 1.82) is 0 Å². The van der Waals surface area contributed by atoms with Gasteiger partial charge in [-0.05, 0) is 245 Å². The number of rotatable bonds is 25. The number of halogens is 18. The van der Waals surface area contributed by atoms with E-state index in [1.807, 2.05) is 0 Å². The Bertz CT molecular complexity index is 4780. The molecule has 6 aromatic rings. The van der Waals surface area contributed by atoms with Gasteiger partial charge in [-0.1, -0.05) is 18.2 Å². The van der Waals surface area contributed by atoms with Crippen molar-refractivity contribution in [1.82, 2.24) is 30.2 Å². The SMILES string of the molecule is CCOC(=O)N1CCCC(COS(C)(=O)=O)C1.CCOC(=O)N1CCCC(COS(C)(=O)=O)C1.CCOC(=O)N1CCCC(COc2ccc(OC(F)(F)F)cc2)C1.CCOC(=O)N1CCCC(COc2cccc(C(F)(F)F)c2)C1.FC(F)(F)Oc1ccc(OCC2CCCNC2)cc1.FC(F)(F)c1cccc(OCC2CCCNC2)c1.Oc1ccc(OC(F)(F)F)cc1.Oc1cccc(C(F)(F)F)c1. The Morgan fingerprint density at radius 2 is 0.582 bits per heavy atom. The number of carbonyl (C=O) groups excluding carboxylic acids is 4. The number of alkyl halides is 18. The second kappa shape index (κ2) is 59.9. The van der Waals surface area contributed by atoms with Crippen molar-refractivity contribution >= 4 is 44.6 Å². The number of benzene rings is 6. The summed E-state index contributed by atoms with van der Waals surface area (Å²) in [5.74, 6) is 1.34. The number of likely N-dealkylation sites (tertiary alicyclic amines) is 4. The van der Waals surface area contributed by atoms with Gasteiger partial charge in [-0.25, -0.2) is 19.2 Å². The molecule has 0 aromatic heterocycles. The Balaban J connectivity index is 0.000000287. The summed E-state index contributed by atoms with van der Waals surface area (Å²) < 4.78 is 324. The molecule has 6 atom stereocenters. The van der Waals surface area contributed by atoms with Gasteiger partial charge in [-0.2, -0.15) is 56.3 Å². The molecule has 794 valence electrons. The Morgan fingerprint density at radius 1 is 0.326 bits per heavy atom. The van der Waals surface area contributed by atoms with Crippen LogP contribution in [-0.4, -0.2) is 247 Å². The predicted octanol–water partition coefficient (Wildman–Crippen LogP) is 20.2. The van der Waals surface area contributed by atoms with Gasteiger partial charge < -0.3 is 92.6 Å². The number of phenols is 2. The Morgan fingerprint density at radius 3 is 0.837 bits per heavy atom. The number of nitrogens with zero attached hydrogens (tertiary/aromatic N) is 4. The molecule has 6 aliphatic rings. The van der Waals surface area contributed by atoms with E-state index in [1.54, 1.807) is 53.4 Å². The summed E-state index contributed by atoms with van der Waals surface area (Å²) in [5.41, 5.74) is -2.23. The molecule has 0 aliphatic carbocycles. The van der Waals surface area contributed by atoms with Gasteiger partial charge in [0, 0.05) is 101 Å². The van der Waals surface area contributed by atoms with Crippen LogP contribution in [0, 0.1) is 35.5 Å². The monoisotopic (exact) mass is 2080 g/mol. The molecule has 4 N–H and O–H groups in total. The Kier molecular flexibility index (Phi) is 51.2. The van der Waals surface area contributed by atoms with Crippen molar-refractivity contribution in [3.8, 4) is 51.7 Å². The second-order valence-corrected chi connectivity index (χ2v) is 35.7. The summed E-state index contributed by atoms with van der Waals surface area (Å²) in [7, 11) is -6.81. The summed E-state index contributed by atoms with van der Waals surface area (Å²) in [5, 5.41) is 23.9. The number of ether oxygens (including phenoxy) is 11. The van der Waals surface area contributed by atoms with Crippen LogP contribution in [0.3, 0.4) is 0 Å². The fraction of sp³-hybridized carbons (Fsp3) is 0.565. The third-order valence-electron chi connectivity index (χ3n) is 20.6. The van der Waals surface area contributed by atoms with Crippen molar-refractivity contribution in [2.45, 2.75) is 142 Å². The number of piperidine rings is 6. The minimum absolute atomic E-state index is 0.0582. The van der Waals surface area contributed by atoms with Gasteiger partial charge >= 0.3 is 62.0 Å². The van der Waals surface area contributed by atoms with Gasteiger partial charge in [0.1, 0.15) is 51.7 Å². The molecule has 12 rings (SSSR count). The average Bonchev–Trinajstić information content (AvgIpc) is 0.848. The van der Waals surface area contributed by atoms with E-state index in [0.29, 0.717) is 128 Å². The molecule has 49 heteroatoms. The van der Waals surface area contributed by atoms with Crippen molar-refractivity contribution in [2.24, 2.45) is 35.5 Å². The van der Waals surface area contributed by atoms with E-state index >= 15 is 0 Å². The smallest absolute Gasteiger partial charge is 0.508 e. The van der Waals surface area contributed by atoms with E-state index in [2.05, 4.69) is 24.8 Å². The summed E-state index contributed by atoms with van der Waals surface area (Å²) in [4.78, 5) is 52.9. The molecule has 6 fully saturated rings. The Hall–Kier alpha value is -10.9. The summed E-state index contributed by atoms with van der Waals surface area (Å²) >= 11 is 0. The zero-order valence-electron chi connectivity index (χ0n) is 78.2. The minimum atomic E-state index is -4.71. The molecule has 29 nitrogen and oxygen atoms in total. The maximum absolute atomic E-state index is 12.7. The first-order chi connectivity index (χ1) is 66.2. The molecular weight excluding hydrogens is 1960 g/mol. The molecule has 0 bridgehead atoms. The van der Waals surface area contributed by atoms with Crippen LogP contribution in [0.5, 0.6) is 51.7 Å². The number of hydrogen-bond donors (Lipinski definition) is 4. The lowest BCUT2D eigenvalue weighted by molar-refractivity contribution is -0.275. The first kappa shape index (κ1) is 121. The summed E-state index contributed by atoms with van der Waals surface area (Å²) in [6.45, 7) is 18.9. The first-order valence-corrected chi connectivity index (χ1v) is 48.6. The molecule has 6 aliphatic heterocycles. The van der Waals surface area contributed by atoms with Crippen molar-refractivity contribution in [3.05, 3.63) is 162 Å². The van der Waals surface area contributed by atoms with Crippen LogP contribution in [-0.2, 0) is 66.1 Å². The van der Waals surface area contributed by atoms with E-state index in [4.69, 9.17) is 56.5 Å². The number of nitrogens with one attached hydrogen (secondary N) is 2. The molecule has 6 saturated heterocycles. The Labute approximate surface area is 806 Å². The highest BCUT2D eigenvalue weighted by Gasteiger charge is 2.37. The molecule has 0 spiro atoms. The maximum atomic E-state index is 12.7. The van der Waals surface area contributed by atoms with Crippen LogP contribution in [0.1, 0.15) is 121 Å². The number of aromatic hydroxyl groups is 2. The van der Waals surface area contributed by atoms with E-state index in [0.717, 1.165) is 176 Å². The number of hydrogen-bond acceptors (Lipinski definition) is 25. The minimum Gasteiger partial charge on any atom is -0.508 e. The van der Waals surface area contributed by atoms with Crippen LogP contribution in [0.15, 0.2) is 146 Å². The largest absolute Gasteiger partial charge is 0.573 e. The fourth-order valence-electron chi connectivity index (χ4n) is 14.1. The van der Waals surface area contributed by atoms with E-state index < -0.39 is 74.5 Å². The number of phenolic OH excluding ortho intramolecular Hbond substituents is 2. The van der Waals surface area contributed by atoms with Crippen molar-refractivity contribution in [2.75, 3.05) is 157 Å². The number of amides is 4. The maximum Gasteiger partial charge on any atom is 0.573 e. The molecule has 4 amide bonds. The zero-order chi connectivity index (χ0) is 105. The van der Waals surface area contributed by atoms with Gasteiger partial charge in [0.2, 0.25) is 0 Å². The highest BCUT2D eigenvalue weighted by molar-refractivity contribution is 7.86. The average molecular weight is 2080 g/mol. The number of carbonyl (C=O) groups is 4. The molecular formula is C92H120F18N6O23S2. The van der Waals surface area contributed by atoms with Gasteiger partial charge in [-0.15, -0.1) is 39.5 Å². The highest BCUT2D eigenvalue weighted by atomic mass is 32.2. The van der Waals surface area contributed by atoms with Crippen molar-refractivity contribution < 1.29 is 186 Å². The molecule has 0 radical (unpaired) electrons. The van der Waals surface area contributed by atoms with E-state index in [9.17, 15) is 115 Å². The van der Waals surface area contributed by atoms with Gasteiger partial charge in [0.15, 0.2) is 0 Å². The van der Waals surface area contributed by atoms with Crippen LogP contribution in [0.25, 0.3) is 0 Å². The quantitative estimate of drug-likeness (QED) is 0.0235. The summed E-state index contributed by atoms with van der Waals surface area (Å²) in [6, 6.07) is 28.8. The third-order valence-corrected chi connectivity index (χ3v) is 21.8. The first-order valence-electron chi connectivity index (χ1n) is 44.9. The van der Waals surface area contributed by atoms with Crippen molar-refractivity contribution in [3.63, 3.8) is 0 Å². The van der Waals surface area contributed by atoms with Gasteiger partial charge in [-0.3, -0.25) is 8.37 Å². The topological polar surface area (TPSA) is 334 Å². The van der Waals surface area contributed by atoms with Crippen LogP contribution in [0.2, 0.25) is 0 Å². The molecule has 141 heavy (non-hydrogen) atoms.